The van der Waals surface area contributed by atoms with Crippen molar-refractivity contribution in [2.45, 2.75) is 25.7 Å². The van der Waals surface area contributed by atoms with E-state index in [9.17, 15) is 0 Å². The third-order valence-corrected chi connectivity index (χ3v) is 3.46. The van der Waals surface area contributed by atoms with Crippen molar-refractivity contribution in [3.05, 3.63) is 12.2 Å². The Morgan fingerprint density at radius 3 is 3.15 bits per heavy atom. The fourth-order valence-electron chi connectivity index (χ4n) is 2.26. The first-order valence-electron chi connectivity index (χ1n) is 5.39. The van der Waals surface area contributed by atoms with Crippen LogP contribution in [0.15, 0.2) is 17.3 Å². The third kappa shape index (κ3) is 1.38. The number of hydrazone groups is 1. The minimum atomic E-state index is 0.770. The lowest BCUT2D eigenvalue weighted by atomic mass is 9.74. The molecule has 0 saturated heterocycles. The molecule has 13 heavy (non-hydrogen) atoms. The van der Waals surface area contributed by atoms with Crippen LogP contribution in [0.3, 0.4) is 0 Å². The van der Waals surface area contributed by atoms with E-state index in [4.69, 9.17) is 0 Å². The highest BCUT2D eigenvalue weighted by Crippen LogP contribution is 2.40. The van der Waals surface area contributed by atoms with Crippen LogP contribution in [-0.4, -0.2) is 12.3 Å². The average molecular weight is 176 g/mol. The summed E-state index contributed by atoms with van der Waals surface area (Å²) in [6, 6.07) is 0. The number of allylic oxidation sites excluding steroid dienone is 2. The van der Waals surface area contributed by atoms with E-state index < -0.39 is 0 Å². The van der Waals surface area contributed by atoms with E-state index in [0.717, 1.165) is 24.3 Å². The maximum atomic E-state index is 4.48. The van der Waals surface area contributed by atoms with E-state index in [0.29, 0.717) is 0 Å². The van der Waals surface area contributed by atoms with Crippen LogP contribution < -0.4 is 5.43 Å². The molecule has 70 valence electrons. The lowest BCUT2D eigenvalue weighted by Gasteiger charge is -2.31. The van der Waals surface area contributed by atoms with Gasteiger partial charge in [-0.3, -0.25) is 0 Å². The Morgan fingerprint density at radius 2 is 2.38 bits per heavy atom. The Morgan fingerprint density at radius 1 is 1.46 bits per heavy atom. The summed E-state index contributed by atoms with van der Waals surface area (Å²) in [5, 5.41) is 4.48. The zero-order valence-electron chi connectivity index (χ0n) is 7.87. The van der Waals surface area contributed by atoms with Crippen molar-refractivity contribution in [2.75, 3.05) is 6.54 Å². The van der Waals surface area contributed by atoms with Gasteiger partial charge in [0.25, 0.3) is 0 Å². The van der Waals surface area contributed by atoms with Gasteiger partial charge < -0.3 is 5.43 Å². The molecule has 2 atom stereocenters. The number of nitrogens with one attached hydrogen (secondary N) is 1. The van der Waals surface area contributed by atoms with Gasteiger partial charge in [-0.1, -0.05) is 12.2 Å². The van der Waals surface area contributed by atoms with Crippen molar-refractivity contribution in [1.29, 1.82) is 0 Å². The Balaban J connectivity index is 1.49. The first-order chi connectivity index (χ1) is 6.43. The Kier molecular flexibility index (Phi) is 1.67. The molecule has 0 aromatic heterocycles. The van der Waals surface area contributed by atoms with E-state index >= 15 is 0 Å². The van der Waals surface area contributed by atoms with Gasteiger partial charge in [-0.15, -0.1) is 0 Å². The number of rotatable bonds is 3. The Hall–Kier alpha value is -0.790. The molecular formula is C11H16N2. The standard InChI is InChI=1S/C11H16N2/c1-2-9-6-11(10(9)3-1)13-12-7-8-4-5-8/h1-2,8-10,12H,3-7H2/b13-11-. The molecule has 0 aromatic rings. The first kappa shape index (κ1) is 7.60. The van der Waals surface area contributed by atoms with Crippen LogP contribution in [0, 0.1) is 17.8 Å². The molecule has 2 unspecified atom stereocenters. The van der Waals surface area contributed by atoms with E-state index in [1.165, 1.54) is 31.4 Å². The number of hydrogen-bond donors (Lipinski definition) is 1. The van der Waals surface area contributed by atoms with Gasteiger partial charge in [-0.2, -0.15) is 5.10 Å². The smallest absolute Gasteiger partial charge is 0.0424 e. The summed E-state index contributed by atoms with van der Waals surface area (Å²) in [6.45, 7) is 1.11. The molecule has 1 N–H and O–H groups in total. The summed E-state index contributed by atoms with van der Waals surface area (Å²) in [7, 11) is 0. The zero-order valence-corrected chi connectivity index (χ0v) is 7.87. The van der Waals surface area contributed by atoms with Crippen molar-refractivity contribution in [3.63, 3.8) is 0 Å². The van der Waals surface area contributed by atoms with Gasteiger partial charge in [0.15, 0.2) is 0 Å². The molecule has 0 amide bonds. The third-order valence-electron chi connectivity index (χ3n) is 3.46. The summed E-state index contributed by atoms with van der Waals surface area (Å²) in [4.78, 5) is 0. The van der Waals surface area contributed by atoms with E-state index in [1.807, 2.05) is 0 Å². The average Bonchev–Trinajstić information content (AvgIpc) is 2.85. The molecule has 3 aliphatic rings. The SMILES string of the molecule is C1=CC2C/C(=N/NCC3CC3)C2C1. The first-order valence-corrected chi connectivity index (χ1v) is 5.39. The van der Waals surface area contributed by atoms with Crippen molar-refractivity contribution in [2.24, 2.45) is 22.9 Å². The highest BCUT2D eigenvalue weighted by Gasteiger charge is 2.37. The van der Waals surface area contributed by atoms with Crippen molar-refractivity contribution < 1.29 is 0 Å². The van der Waals surface area contributed by atoms with E-state index in [2.05, 4.69) is 22.7 Å². The molecule has 2 fully saturated rings. The second-order valence-corrected chi connectivity index (χ2v) is 4.55. The minimum Gasteiger partial charge on any atom is -0.310 e. The topological polar surface area (TPSA) is 24.4 Å². The number of nitrogens with zero attached hydrogens (tertiary/aromatic N) is 1. The van der Waals surface area contributed by atoms with Crippen molar-refractivity contribution in [1.82, 2.24) is 5.43 Å². The molecule has 2 saturated carbocycles. The highest BCUT2D eigenvalue weighted by atomic mass is 15.3. The number of hydrogen-bond acceptors (Lipinski definition) is 2. The van der Waals surface area contributed by atoms with Crippen LogP contribution in [0.5, 0.6) is 0 Å². The maximum Gasteiger partial charge on any atom is 0.0424 e. The Labute approximate surface area is 79.1 Å². The lowest BCUT2D eigenvalue weighted by Crippen LogP contribution is -2.34. The summed E-state index contributed by atoms with van der Waals surface area (Å²) in [5.74, 6) is 2.54. The van der Waals surface area contributed by atoms with Gasteiger partial charge in [-0.25, -0.2) is 0 Å². The molecule has 2 heteroatoms. The molecule has 0 aromatic carbocycles. The van der Waals surface area contributed by atoms with Crippen LogP contribution >= 0.6 is 0 Å². The summed E-state index contributed by atoms with van der Waals surface area (Å²) >= 11 is 0. The molecular weight excluding hydrogens is 160 g/mol. The molecule has 0 radical (unpaired) electrons. The van der Waals surface area contributed by atoms with Crippen LogP contribution in [0.4, 0.5) is 0 Å². The van der Waals surface area contributed by atoms with Gasteiger partial charge in [0.2, 0.25) is 0 Å². The number of fused-ring (bicyclic) bond motifs is 1. The molecule has 2 nitrogen and oxygen atoms in total. The normalized spacial score (nSPS) is 38.9. The van der Waals surface area contributed by atoms with Gasteiger partial charge in [0.1, 0.15) is 0 Å². The quantitative estimate of drug-likeness (QED) is 0.516. The summed E-state index contributed by atoms with van der Waals surface area (Å²) < 4.78 is 0. The largest absolute Gasteiger partial charge is 0.310 e. The predicted molar refractivity (Wildman–Crippen MR) is 53.5 cm³/mol. The van der Waals surface area contributed by atoms with Gasteiger partial charge in [0.05, 0.1) is 0 Å². The van der Waals surface area contributed by atoms with Crippen LogP contribution in [0.2, 0.25) is 0 Å². The van der Waals surface area contributed by atoms with Crippen molar-refractivity contribution >= 4 is 5.71 Å². The fourth-order valence-corrected chi connectivity index (χ4v) is 2.26. The van der Waals surface area contributed by atoms with Gasteiger partial charge in [-0.05, 0) is 37.5 Å². The Bertz CT molecular complexity index is 263. The van der Waals surface area contributed by atoms with E-state index in [-0.39, 0.29) is 0 Å². The fraction of sp³-hybridized carbons (Fsp3) is 0.727. The maximum absolute atomic E-state index is 4.48. The highest BCUT2D eigenvalue weighted by molar-refractivity contribution is 5.93. The second-order valence-electron chi connectivity index (χ2n) is 4.55. The lowest BCUT2D eigenvalue weighted by molar-refractivity contribution is 0.458. The predicted octanol–water partition coefficient (Wildman–Crippen LogP) is 1.94. The zero-order chi connectivity index (χ0) is 8.67. The monoisotopic (exact) mass is 176 g/mol. The summed E-state index contributed by atoms with van der Waals surface area (Å²) in [6.07, 6.45) is 9.91. The molecule has 0 spiro atoms. The van der Waals surface area contributed by atoms with Crippen LogP contribution in [-0.2, 0) is 0 Å². The summed E-state index contributed by atoms with van der Waals surface area (Å²) in [5.41, 5.74) is 4.63. The van der Waals surface area contributed by atoms with E-state index in [1.54, 1.807) is 0 Å². The minimum absolute atomic E-state index is 0.770. The molecule has 3 aliphatic carbocycles. The second kappa shape index (κ2) is 2.86. The van der Waals surface area contributed by atoms with Gasteiger partial charge in [0, 0.05) is 18.2 Å². The van der Waals surface area contributed by atoms with Gasteiger partial charge >= 0.3 is 0 Å². The van der Waals surface area contributed by atoms with Crippen molar-refractivity contribution in [3.8, 4) is 0 Å². The molecule has 0 bridgehead atoms. The molecule has 0 heterocycles. The molecule has 3 rings (SSSR count). The molecule has 0 aliphatic heterocycles. The van der Waals surface area contributed by atoms with Crippen LogP contribution in [0.25, 0.3) is 0 Å². The van der Waals surface area contributed by atoms with Crippen LogP contribution in [0.1, 0.15) is 25.7 Å².